The molecule has 6 nitrogen and oxygen atoms in total. The minimum Gasteiger partial charge on any atom is -0.496 e. The van der Waals surface area contributed by atoms with E-state index in [-0.39, 0.29) is 24.2 Å². The second-order valence-electron chi connectivity index (χ2n) is 8.12. The third-order valence-corrected chi connectivity index (χ3v) is 6.01. The summed E-state index contributed by atoms with van der Waals surface area (Å²) in [6.07, 6.45) is 2.72. The number of nitrogens with one attached hydrogen (secondary N) is 1. The number of ether oxygens (including phenoxy) is 1. The van der Waals surface area contributed by atoms with Gasteiger partial charge in [0.15, 0.2) is 0 Å². The molecular weight excluding hydrogens is 378 g/mol. The van der Waals surface area contributed by atoms with Gasteiger partial charge in [0.1, 0.15) is 5.75 Å². The lowest BCUT2D eigenvalue weighted by molar-refractivity contribution is -0.128. The van der Waals surface area contributed by atoms with Crippen molar-refractivity contribution in [1.82, 2.24) is 9.80 Å². The van der Waals surface area contributed by atoms with Crippen molar-refractivity contribution in [3.05, 3.63) is 59.7 Å². The van der Waals surface area contributed by atoms with E-state index in [2.05, 4.69) is 16.3 Å². The fraction of sp³-hybridized carbons (Fsp3) is 0.417. The van der Waals surface area contributed by atoms with Gasteiger partial charge in [0, 0.05) is 37.3 Å². The number of rotatable bonds is 7. The van der Waals surface area contributed by atoms with Gasteiger partial charge in [-0.2, -0.15) is 0 Å². The number of carbonyl (C=O) groups excluding carboxylic acids is 2. The third kappa shape index (κ3) is 4.65. The predicted octanol–water partition coefficient (Wildman–Crippen LogP) is 3.28. The lowest BCUT2D eigenvalue weighted by Gasteiger charge is -2.20. The molecule has 2 fully saturated rings. The molecule has 0 aliphatic carbocycles. The van der Waals surface area contributed by atoms with Crippen LogP contribution in [0.1, 0.15) is 30.4 Å². The largest absolute Gasteiger partial charge is 0.496 e. The number of para-hydroxylation sites is 2. The van der Waals surface area contributed by atoms with Crippen molar-refractivity contribution in [3.8, 4) is 5.75 Å². The fourth-order valence-electron chi connectivity index (χ4n) is 4.34. The number of carbonyl (C=O) groups is 2. The fourth-order valence-corrected chi connectivity index (χ4v) is 4.34. The highest BCUT2D eigenvalue weighted by Crippen LogP contribution is 2.26. The quantitative estimate of drug-likeness (QED) is 0.765. The minimum atomic E-state index is -0.341. The van der Waals surface area contributed by atoms with E-state index in [4.69, 9.17) is 4.74 Å². The summed E-state index contributed by atoms with van der Waals surface area (Å²) in [6, 6.07) is 15.6. The molecule has 2 aliphatic heterocycles. The Morgan fingerprint density at radius 3 is 2.50 bits per heavy atom. The Balaban J connectivity index is 1.39. The van der Waals surface area contributed by atoms with E-state index in [0.717, 1.165) is 42.2 Å². The zero-order valence-corrected chi connectivity index (χ0v) is 17.5. The van der Waals surface area contributed by atoms with Gasteiger partial charge in [-0.1, -0.05) is 36.4 Å². The Bertz CT molecular complexity index is 908. The number of nitrogens with zero attached hydrogens (tertiary/aromatic N) is 2. The molecule has 2 aromatic carbocycles. The van der Waals surface area contributed by atoms with Crippen molar-refractivity contribution in [2.24, 2.45) is 5.92 Å². The van der Waals surface area contributed by atoms with Crippen LogP contribution in [0, 0.1) is 5.92 Å². The molecule has 0 bridgehead atoms. The van der Waals surface area contributed by atoms with Crippen LogP contribution in [0.4, 0.5) is 5.69 Å². The minimum absolute atomic E-state index is 0.00593. The average Bonchev–Trinajstić information content (AvgIpc) is 3.40. The van der Waals surface area contributed by atoms with Gasteiger partial charge >= 0.3 is 0 Å². The Morgan fingerprint density at radius 1 is 1.03 bits per heavy atom. The number of methoxy groups -OCH3 is 1. The maximum atomic E-state index is 12.9. The summed E-state index contributed by atoms with van der Waals surface area (Å²) < 4.78 is 5.39. The summed E-state index contributed by atoms with van der Waals surface area (Å²) in [6.45, 7) is 3.95. The molecule has 2 aliphatic rings. The van der Waals surface area contributed by atoms with Crippen LogP contribution in [-0.4, -0.2) is 48.4 Å². The number of likely N-dealkylation sites (tertiary alicyclic amines) is 2. The van der Waals surface area contributed by atoms with Gasteiger partial charge in [-0.25, -0.2) is 0 Å². The van der Waals surface area contributed by atoms with Crippen molar-refractivity contribution in [1.29, 1.82) is 0 Å². The lowest BCUT2D eigenvalue weighted by atomic mass is 10.1. The molecule has 4 rings (SSSR count). The number of anilines is 1. The van der Waals surface area contributed by atoms with Crippen molar-refractivity contribution in [2.45, 2.75) is 32.4 Å². The second kappa shape index (κ2) is 9.30. The molecule has 0 aromatic heterocycles. The molecule has 1 unspecified atom stereocenters. The molecule has 2 aromatic rings. The van der Waals surface area contributed by atoms with Gasteiger partial charge in [-0.15, -0.1) is 0 Å². The van der Waals surface area contributed by atoms with Crippen LogP contribution in [0.5, 0.6) is 5.75 Å². The molecule has 2 saturated heterocycles. The molecule has 158 valence electrons. The van der Waals surface area contributed by atoms with E-state index < -0.39 is 0 Å². The molecule has 0 radical (unpaired) electrons. The second-order valence-corrected chi connectivity index (χ2v) is 8.12. The Labute approximate surface area is 177 Å². The Kier molecular flexibility index (Phi) is 6.33. The molecule has 1 N–H and O–H groups in total. The standard InChI is InChI=1S/C24H29N3O3/c1-30-22-11-5-3-9-19(22)16-27-17-20(14-23(27)28)24(29)25-21-10-4-2-8-18(21)15-26-12-6-7-13-26/h2-5,8-11,20H,6-7,12-17H2,1H3,(H,25,29). The zero-order chi connectivity index (χ0) is 20.9. The summed E-state index contributed by atoms with van der Waals surface area (Å²) in [4.78, 5) is 29.6. The highest BCUT2D eigenvalue weighted by atomic mass is 16.5. The lowest BCUT2D eigenvalue weighted by Crippen LogP contribution is -2.28. The highest BCUT2D eigenvalue weighted by Gasteiger charge is 2.34. The molecule has 2 heterocycles. The number of amides is 2. The Hall–Kier alpha value is -2.86. The van der Waals surface area contributed by atoms with Crippen molar-refractivity contribution in [2.75, 3.05) is 32.1 Å². The summed E-state index contributed by atoms with van der Waals surface area (Å²) >= 11 is 0. The molecule has 0 spiro atoms. The molecule has 2 amide bonds. The van der Waals surface area contributed by atoms with E-state index in [1.165, 1.54) is 12.8 Å². The smallest absolute Gasteiger partial charge is 0.229 e. The molecule has 1 atom stereocenters. The highest BCUT2D eigenvalue weighted by molar-refractivity contribution is 5.97. The third-order valence-electron chi connectivity index (χ3n) is 6.01. The predicted molar refractivity (Wildman–Crippen MR) is 116 cm³/mol. The molecule has 30 heavy (non-hydrogen) atoms. The van der Waals surface area contributed by atoms with Gasteiger partial charge in [0.25, 0.3) is 0 Å². The normalized spacial score (nSPS) is 19.3. The number of hydrogen-bond donors (Lipinski definition) is 1. The van der Waals surface area contributed by atoms with Crippen LogP contribution in [-0.2, 0) is 22.7 Å². The Morgan fingerprint density at radius 2 is 1.73 bits per heavy atom. The SMILES string of the molecule is COc1ccccc1CN1CC(C(=O)Nc2ccccc2CN2CCCC2)CC1=O. The topological polar surface area (TPSA) is 61.9 Å². The van der Waals surface area contributed by atoms with Gasteiger partial charge in [-0.05, 0) is 43.6 Å². The first-order valence-corrected chi connectivity index (χ1v) is 10.6. The van der Waals surface area contributed by atoms with Gasteiger partial charge < -0.3 is 15.0 Å². The summed E-state index contributed by atoms with van der Waals surface area (Å²) in [5, 5.41) is 3.08. The number of benzene rings is 2. The first kappa shape index (κ1) is 20.4. The summed E-state index contributed by atoms with van der Waals surface area (Å²) in [5.41, 5.74) is 2.93. The first-order valence-electron chi connectivity index (χ1n) is 10.6. The van der Waals surface area contributed by atoms with Crippen LogP contribution < -0.4 is 10.1 Å². The van der Waals surface area contributed by atoms with Crippen LogP contribution in [0.15, 0.2) is 48.5 Å². The zero-order valence-electron chi connectivity index (χ0n) is 17.5. The van der Waals surface area contributed by atoms with Gasteiger partial charge in [0.2, 0.25) is 11.8 Å². The first-order chi connectivity index (χ1) is 14.6. The van der Waals surface area contributed by atoms with Crippen LogP contribution in [0.3, 0.4) is 0 Å². The van der Waals surface area contributed by atoms with Crippen molar-refractivity contribution in [3.63, 3.8) is 0 Å². The average molecular weight is 408 g/mol. The summed E-state index contributed by atoms with van der Waals surface area (Å²) in [5.74, 6) is 0.340. The van der Waals surface area contributed by atoms with E-state index in [0.29, 0.717) is 13.1 Å². The maximum Gasteiger partial charge on any atom is 0.229 e. The van der Waals surface area contributed by atoms with Crippen LogP contribution in [0.25, 0.3) is 0 Å². The van der Waals surface area contributed by atoms with E-state index in [1.54, 1.807) is 12.0 Å². The van der Waals surface area contributed by atoms with E-state index in [1.807, 2.05) is 42.5 Å². The van der Waals surface area contributed by atoms with E-state index in [9.17, 15) is 9.59 Å². The summed E-state index contributed by atoms with van der Waals surface area (Å²) in [7, 11) is 1.63. The monoisotopic (exact) mass is 407 g/mol. The van der Waals surface area contributed by atoms with Gasteiger partial charge in [0.05, 0.1) is 13.0 Å². The maximum absolute atomic E-state index is 12.9. The molecule has 6 heteroatoms. The number of hydrogen-bond acceptors (Lipinski definition) is 4. The molecule has 0 saturated carbocycles. The molecular formula is C24H29N3O3. The van der Waals surface area contributed by atoms with Crippen LogP contribution >= 0.6 is 0 Å². The van der Waals surface area contributed by atoms with Gasteiger partial charge in [-0.3, -0.25) is 14.5 Å². The van der Waals surface area contributed by atoms with Crippen molar-refractivity contribution < 1.29 is 14.3 Å². The van der Waals surface area contributed by atoms with Crippen LogP contribution in [0.2, 0.25) is 0 Å². The van der Waals surface area contributed by atoms with E-state index >= 15 is 0 Å². The van der Waals surface area contributed by atoms with Crippen molar-refractivity contribution >= 4 is 17.5 Å².